The number of nitrogens with one attached hydrogen (secondary N) is 1. The normalized spacial score (nSPS) is 20.4. The van der Waals surface area contributed by atoms with E-state index in [4.69, 9.17) is 4.98 Å². The summed E-state index contributed by atoms with van der Waals surface area (Å²) < 4.78 is 0. The Hall–Kier alpha value is -3.59. The topological polar surface area (TPSA) is 80.7 Å². The van der Waals surface area contributed by atoms with Crippen LogP contribution in [0.1, 0.15) is 17.3 Å². The maximum atomic E-state index is 11.4. The van der Waals surface area contributed by atoms with Crippen molar-refractivity contribution in [2.45, 2.75) is 12.2 Å². The highest BCUT2D eigenvalue weighted by Crippen LogP contribution is 2.38. The number of aromatic nitrogens is 3. The molecule has 0 bridgehead atoms. The lowest BCUT2D eigenvalue weighted by molar-refractivity contribution is -0.000309. The number of aromatic hydroxyl groups is 1. The molecule has 0 radical (unpaired) electrons. The zero-order valence-electron chi connectivity index (χ0n) is 20.2. The lowest BCUT2D eigenvalue weighted by atomic mass is 9.96. The van der Waals surface area contributed by atoms with E-state index in [9.17, 15) is 5.11 Å². The van der Waals surface area contributed by atoms with Gasteiger partial charge in [-0.25, -0.2) is 4.98 Å². The second-order valence-electron chi connectivity index (χ2n) is 9.37. The molecule has 6 rings (SSSR count). The van der Waals surface area contributed by atoms with Crippen LogP contribution in [-0.2, 0) is 0 Å². The van der Waals surface area contributed by atoms with Gasteiger partial charge in [-0.15, -0.1) is 0 Å². The standard InChI is InChI=1S/C28H31N7O/c36-28-22(10-9-21-6-5-13-32-26(21)28)27(23-7-1-3-11-30-23)35-15-14-29-20-25(35)34-18-16-33(17-19-34)24-8-2-4-12-31-24/h1-13,25,27,29,36H,14-20H2. The average Bonchev–Trinajstić information content (AvgIpc) is 2.96. The van der Waals surface area contributed by atoms with Gasteiger partial charge in [0.15, 0.2) is 0 Å². The molecule has 3 aromatic heterocycles. The van der Waals surface area contributed by atoms with Crippen LogP contribution in [0.2, 0.25) is 0 Å². The molecule has 36 heavy (non-hydrogen) atoms. The summed E-state index contributed by atoms with van der Waals surface area (Å²) in [5.74, 6) is 1.27. The summed E-state index contributed by atoms with van der Waals surface area (Å²) in [6.45, 7) is 6.35. The summed E-state index contributed by atoms with van der Waals surface area (Å²) in [7, 11) is 0. The molecular formula is C28H31N7O. The zero-order chi connectivity index (χ0) is 24.3. The summed E-state index contributed by atoms with van der Waals surface area (Å²) in [5, 5.41) is 15.9. The molecule has 8 nitrogen and oxygen atoms in total. The van der Waals surface area contributed by atoms with Crippen LogP contribution in [0.4, 0.5) is 5.82 Å². The van der Waals surface area contributed by atoms with E-state index in [2.05, 4.69) is 48.2 Å². The van der Waals surface area contributed by atoms with E-state index in [1.165, 1.54) is 0 Å². The van der Waals surface area contributed by atoms with Crippen molar-refractivity contribution in [3.63, 3.8) is 0 Å². The Bertz CT molecular complexity index is 1300. The lowest BCUT2D eigenvalue weighted by Gasteiger charge is -2.49. The van der Waals surface area contributed by atoms with Gasteiger partial charge in [-0.3, -0.25) is 19.8 Å². The predicted molar refractivity (Wildman–Crippen MR) is 141 cm³/mol. The number of piperazine rings is 2. The second-order valence-corrected chi connectivity index (χ2v) is 9.37. The van der Waals surface area contributed by atoms with Crippen LogP contribution in [0.25, 0.3) is 10.9 Å². The first-order valence-electron chi connectivity index (χ1n) is 12.6. The third-order valence-corrected chi connectivity index (χ3v) is 7.34. The van der Waals surface area contributed by atoms with E-state index in [0.29, 0.717) is 5.52 Å². The fourth-order valence-corrected chi connectivity index (χ4v) is 5.55. The van der Waals surface area contributed by atoms with Crippen molar-refractivity contribution in [1.29, 1.82) is 0 Å². The first-order chi connectivity index (χ1) is 17.8. The zero-order valence-corrected chi connectivity index (χ0v) is 20.2. The molecule has 2 saturated heterocycles. The number of hydrogen-bond acceptors (Lipinski definition) is 8. The SMILES string of the molecule is Oc1c(C(c2ccccn2)N2CCNCC2N2CCN(c3ccccn3)CC2)ccc2cccnc12. The van der Waals surface area contributed by atoms with Gasteiger partial charge >= 0.3 is 0 Å². The van der Waals surface area contributed by atoms with Gasteiger partial charge in [0.1, 0.15) is 17.1 Å². The monoisotopic (exact) mass is 481 g/mol. The van der Waals surface area contributed by atoms with Crippen molar-refractivity contribution in [2.75, 3.05) is 50.7 Å². The lowest BCUT2D eigenvalue weighted by Crippen LogP contribution is -2.63. The van der Waals surface area contributed by atoms with E-state index in [1.54, 1.807) is 6.20 Å². The minimum atomic E-state index is -0.182. The number of benzene rings is 1. The van der Waals surface area contributed by atoms with E-state index in [1.807, 2.05) is 54.9 Å². The summed E-state index contributed by atoms with van der Waals surface area (Å²) in [6, 6.07) is 19.9. The summed E-state index contributed by atoms with van der Waals surface area (Å²) in [4.78, 5) is 21.2. The maximum Gasteiger partial charge on any atom is 0.146 e. The number of fused-ring (bicyclic) bond motifs is 1. The average molecular weight is 482 g/mol. The molecule has 5 heterocycles. The summed E-state index contributed by atoms with van der Waals surface area (Å²) in [6.07, 6.45) is 5.60. The number of rotatable bonds is 5. The number of hydrogen-bond donors (Lipinski definition) is 2. The molecule has 2 aliphatic rings. The van der Waals surface area contributed by atoms with Crippen molar-refractivity contribution in [3.05, 3.63) is 90.5 Å². The fraction of sp³-hybridized carbons (Fsp3) is 0.321. The third kappa shape index (κ3) is 4.39. The highest BCUT2D eigenvalue weighted by atomic mass is 16.3. The van der Waals surface area contributed by atoms with Gasteiger partial charge in [-0.1, -0.05) is 30.3 Å². The van der Waals surface area contributed by atoms with E-state index < -0.39 is 0 Å². The fourth-order valence-electron chi connectivity index (χ4n) is 5.55. The number of phenols is 1. The van der Waals surface area contributed by atoms with Gasteiger partial charge in [0.2, 0.25) is 0 Å². The summed E-state index contributed by atoms with van der Waals surface area (Å²) >= 11 is 0. The van der Waals surface area contributed by atoms with Gasteiger partial charge in [0.05, 0.1) is 17.9 Å². The molecule has 2 aliphatic heterocycles. The molecule has 4 aromatic rings. The molecule has 8 heteroatoms. The Labute approximate surface area is 211 Å². The molecular weight excluding hydrogens is 450 g/mol. The van der Waals surface area contributed by atoms with Crippen LogP contribution in [0.5, 0.6) is 5.75 Å². The Balaban J connectivity index is 1.33. The molecule has 0 spiro atoms. The number of phenolic OH excluding ortho intramolecular Hbond substituents is 1. The number of nitrogens with zero attached hydrogens (tertiary/aromatic N) is 6. The van der Waals surface area contributed by atoms with E-state index in [0.717, 1.165) is 68.3 Å². The van der Waals surface area contributed by atoms with Crippen molar-refractivity contribution < 1.29 is 5.11 Å². The Morgan fingerprint density at radius 2 is 1.61 bits per heavy atom. The largest absolute Gasteiger partial charge is 0.505 e. The van der Waals surface area contributed by atoms with Gasteiger partial charge in [-0.05, 0) is 30.3 Å². The molecule has 2 unspecified atom stereocenters. The molecule has 0 saturated carbocycles. The van der Waals surface area contributed by atoms with Crippen molar-refractivity contribution >= 4 is 16.7 Å². The van der Waals surface area contributed by atoms with Crippen molar-refractivity contribution in [2.24, 2.45) is 0 Å². The minimum Gasteiger partial charge on any atom is -0.505 e. The molecule has 2 fully saturated rings. The van der Waals surface area contributed by atoms with Crippen LogP contribution in [0.3, 0.4) is 0 Å². The Morgan fingerprint density at radius 1 is 0.806 bits per heavy atom. The van der Waals surface area contributed by atoms with Crippen LogP contribution in [0.15, 0.2) is 79.3 Å². The van der Waals surface area contributed by atoms with Crippen LogP contribution in [0, 0.1) is 0 Å². The number of pyridine rings is 3. The van der Waals surface area contributed by atoms with Crippen LogP contribution in [-0.4, -0.2) is 81.8 Å². The number of anilines is 1. The second kappa shape index (κ2) is 10.2. The smallest absolute Gasteiger partial charge is 0.146 e. The molecule has 184 valence electrons. The summed E-state index contributed by atoms with van der Waals surface area (Å²) in [5.41, 5.74) is 2.41. The van der Waals surface area contributed by atoms with Gasteiger partial charge < -0.3 is 15.3 Å². The van der Waals surface area contributed by atoms with Crippen molar-refractivity contribution in [3.8, 4) is 5.75 Å². The first-order valence-corrected chi connectivity index (χ1v) is 12.6. The Morgan fingerprint density at radius 3 is 2.39 bits per heavy atom. The first kappa shape index (κ1) is 22.8. The maximum absolute atomic E-state index is 11.4. The molecule has 1 aromatic carbocycles. The van der Waals surface area contributed by atoms with Crippen molar-refractivity contribution in [1.82, 2.24) is 30.1 Å². The van der Waals surface area contributed by atoms with Crippen LogP contribution >= 0.6 is 0 Å². The molecule has 2 atom stereocenters. The highest BCUT2D eigenvalue weighted by molar-refractivity contribution is 5.85. The van der Waals surface area contributed by atoms with Gasteiger partial charge in [0.25, 0.3) is 0 Å². The molecule has 2 N–H and O–H groups in total. The highest BCUT2D eigenvalue weighted by Gasteiger charge is 2.37. The quantitative estimate of drug-likeness (QED) is 0.451. The molecule has 0 aliphatic carbocycles. The predicted octanol–water partition coefficient (Wildman–Crippen LogP) is 2.87. The van der Waals surface area contributed by atoms with Crippen LogP contribution < -0.4 is 10.2 Å². The van der Waals surface area contributed by atoms with E-state index >= 15 is 0 Å². The van der Waals surface area contributed by atoms with E-state index in [-0.39, 0.29) is 18.0 Å². The minimum absolute atomic E-state index is 0.176. The van der Waals surface area contributed by atoms with Gasteiger partial charge in [-0.2, -0.15) is 0 Å². The third-order valence-electron chi connectivity index (χ3n) is 7.34. The molecule has 0 amide bonds. The Kier molecular flexibility index (Phi) is 6.46. The van der Waals surface area contributed by atoms with Gasteiger partial charge in [0, 0.05) is 75.4 Å².